The van der Waals surface area contributed by atoms with E-state index in [2.05, 4.69) is 10.3 Å². The van der Waals surface area contributed by atoms with E-state index in [1.807, 2.05) is 0 Å². The van der Waals surface area contributed by atoms with Crippen molar-refractivity contribution in [3.63, 3.8) is 0 Å². The molecule has 4 nitrogen and oxygen atoms in total. The number of hydrogen-bond acceptors (Lipinski definition) is 3. The molecule has 1 aliphatic rings. The highest BCUT2D eigenvalue weighted by Crippen LogP contribution is 2.32. The van der Waals surface area contributed by atoms with Crippen LogP contribution in [0, 0.1) is 0 Å². The van der Waals surface area contributed by atoms with Crippen molar-refractivity contribution >= 4 is 29.1 Å². The maximum Gasteiger partial charge on any atom is 0.280 e. The van der Waals surface area contributed by atoms with Crippen LogP contribution in [0.5, 0.6) is 0 Å². The third-order valence-corrected chi connectivity index (χ3v) is 5.57. The molecule has 1 aromatic heterocycles. The van der Waals surface area contributed by atoms with Crippen molar-refractivity contribution in [2.45, 2.75) is 31.2 Å². The van der Waals surface area contributed by atoms with Crippen molar-refractivity contribution in [2.24, 2.45) is 0 Å². The Morgan fingerprint density at radius 3 is 2.43 bits per heavy atom. The molecular weight excluding hydrogens is 445 g/mol. The van der Waals surface area contributed by atoms with E-state index >= 15 is 0 Å². The molecule has 0 radical (unpaired) electrons. The predicted molar refractivity (Wildman–Crippen MR) is 106 cm³/mol. The number of carbonyl (C=O) groups excluding carboxylic acids is 1. The van der Waals surface area contributed by atoms with Gasteiger partial charge in [-0.25, -0.2) is 17.6 Å². The molecule has 1 aromatic carbocycles. The predicted octanol–water partition coefficient (Wildman–Crippen LogP) is 5.53. The molecule has 10 heteroatoms. The Labute approximate surface area is 181 Å². The lowest BCUT2D eigenvalue weighted by atomic mass is 10.0. The number of aromatic nitrogens is 1. The first kappa shape index (κ1) is 22.8. The number of carbonyl (C=O) groups is 1. The van der Waals surface area contributed by atoms with E-state index < -0.39 is 24.3 Å². The molecule has 0 saturated carbocycles. The van der Waals surface area contributed by atoms with Gasteiger partial charge in [0.1, 0.15) is 5.69 Å². The van der Waals surface area contributed by atoms with Gasteiger partial charge in [0.25, 0.3) is 18.3 Å². The summed E-state index contributed by atoms with van der Waals surface area (Å²) in [5, 5.41) is 3.30. The van der Waals surface area contributed by atoms with Crippen LogP contribution in [0.3, 0.4) is 0 Å². The molecule has 0 bridgehead atoms. The minimum atomic E-state index is -2.74. The van der Waals surface area contributed by atoms with Gasteiger partial charge in [-0.05, 0) is 29.8 Å². The number of amides is 1. The summed E-state index contributed by atoms with van der Waals surface area (Å²) in [7, 11) is 0. The Morgan fingerprint density at radius 1 is 1.17 bits per heavy atom. The molecule has 1 amide bonds. The summed E-state index contributed by atoms with van der Waals surface area (Å²) < 4.78 is 52.8. The highest BCUT2D eigenvalue weighted by molar-refractivity contribution is 6.36. The van der Waals surface area contributed by atoms with E-state index in [1.54, 1.807) is 4.90 Å². The van der Waals surface area contributed by atoms with Gasteiger partial charge in [0.05, 0.1) is 16.6 Å². The fourth-order valence-electron chi connectivity index (χ4n) is 3.32. The first-order valence-corrected chi connectivity index (χ1v) is 10.0. The number of nitrogens with one attached hydrogen (secondary N) is 1. The highest BCUT2D eigenvalue weighted by atomic mass is 35.5. The number of halogens is 6. The van der Waals surface area contributed by atoms with E-state index in [0.29, 0.717) is 10.6 Å². The van der Waals surface area contributed by atoms with Crippen LogP contribution in [-0.2, 0) is 0 Å². The lowest BCUT2D eigenvalue weighted by molar-refractivity contribution is -0.0632. The number of pyridine rings is 1. The monoisotopic (exact) mass is 463 g/mol. The molecule has 0 spiro atoms. The van der Waals surface area contributed by atoms with Crippen molar-refractivity contribution in [3.05, 3.63) is 63.4 Å². The Morgan fingerprint density at radius 2 is 1.87 bits per heavy atom. The van der Waals surface area contributed by atoms with Gasteiger partial charge in [0, 0.05) is 43.7 Å². The molecule has 1 unspecified atom stereocenters. The molecule has 1 aliphatic heterocycles. The van der Waals surface area contributed by atoms with Gasteiger partial charge in [0.15, 0.2) is 0 Å². The van der Waals surface area contributed by atoms with E-state index in [4.69, 9.17) is 23.2 Å². The number of alkyl halides is 4. The second kappa shape index (κ2) is 9.49. The minimum absolute atomic E-state index is 0.0685. The zero-order chi connectivity index (χ0) is 21.9. The smallest absolute Gasteiger partial charge is 0.280 e. The Kier molecular flexibility index (Phi) is 7.21. The van der Waals surface area contributed by atoms with E-state index in [-0.39, 0.29) is 48.8 Å². The van der Waals surface area contributed by atoms with Crippen LogP contribution in [-0.4, -0.2) is 41.3 Å². The average Bonchev–Trinajstić information content (AvgIpc) is 2.69. The van der Waals surface area contributed by atoms with Crippen molar-refractivity contribution in [1.82, 2.24) is 15.2 Å². The molecule has 1 atom stereocenters. The lowest BCUT2D eigenvalue weighted by Gasteiger charge is -2.37. The van der Waals surface area contributed by atoms with Crippen molar-refractivity contribution in [2.75, 3.05) is 19.6 Å². The van der Waals surface area contributed by atoms with Crippen LogP contribution < -0.4 is 5.32 Å². The summed E-state index contributed by atoms with van der Waals surface area (Å²) in [6.45, 7) is 0.275. The molecule has 1 saturated heterocycles. The maximum absolute atomic E-state index is 13.6. The largest absolute Gasteiger partial charge is 0.350 e. The van der Waals surface area contributed by atoms with Crippen molar-refractivity contribution < 1.29 is 22.4 Å². The van der Waals surface area contributed by atoms with E-state index in [1.165, 1.54) is 36.5 Å². The number of rotatable bonds is 6. The van der Waals surface area contributed by atoms with Crippen LogP contribution >= 0.6 is 23.2 Å². The van der Waals surface area contributed by atoms with Gasteiger partial charge >= 0.3 is 0 Å². The Balaban J connectivity index is 1.77. The molecule has 1 fully saturated rings. The van der Waals surface area contributed by atoms with Gasteiger partial charge in [-0.3, -0.25) is 14.7 Å². The van der Waals surface area contributed by atoms with Crippen molar-refractivity contribution in [1.29, 1.82) is 0 Å². The maximum atomic E-state index is 13.6. The van der Waals surface area contributed by atoms with E-state index in [0.717, 1.165) is 0 Å². The summed E-state index contributed by atoms with van der Waals surface area (Å²) in [6.07, 6.45) is -2.05. The number of piperidine rings is 1. The van der Waals surface area contributed by atoms with Crippen molar-refractivity contribution in [3.8, 4) is 0 Å². The third-order valence-electron chi connectivity index (χ3n) is 5.02. The lowest BCUT2D eigenvalue weighted by Crippen LogP contribution is -2.45. The first-order valence-electron chi connectivity index (χ1n) is 9.25. The zero-order valence-electron chi connectivity index (χ0n) is 15.7. The number of benzene rings is 1. The molecule has 0 aliphatic carbocycles. The molecular formula is C20H19Cl2F4N3O. The zero-order valence-corrected chi connectivity index (χ0v) is 17.2. The molecule has 1 N–H and O–H groups in total. The topological polar surface area (TPSA) is 45.2 Å². The number of likely N-dealkylation sites (tertiary alicyclic amines) is 1. The minimum Gasteiger partial charge on any atom is -0.350 e. The first-order chi connectivity index (χ1) is 14.2. The summed E-state index contributed by atoms with van der Waals surface area (Å²) in [6, 6.07) is 6.62. The Hall–Kier alpha value is -1.90. The molecule has 30 heavy (non-hydrogen) atoms. The second-order valence-corrected chi connectivity index (χ2v) is 7.90. The third kappa shape index (κ3) is 5.62. The molecule has 2 aromatic rings. The van der Waals surface area contributed by atoms with Crippen LogP contribution in [0.2, 0.25) is 10.0 Å². The van der Waals surface area contributed by atoms with Gasteiger partial charge < -0.3 is 5.32 Å². The SMILES string of the molecule is O=C(NCC(c1ccc(C(F)F)nc1)N1CCC(F)(F)CC1)c1ccc(Cl)cc1Cl. The summed E-state index contributed by atoms with van der Waals surface area (Å²) in [5.74, 6) is -3.19. The fourth-order valence-corrected chi connectivity index (χ4v) is 3.82. The standard InChI is InChI=1S/C20H19Cl2F4N3O/c21-13-2-3-14(15(22)9-13)19(30)28-11-17(29-7-5-20(25,26)6-8-29)12-1-4-16(18(23)24)27-10-12/h1-4,9-10,17-18H,5-8,11H2,(H,28,30). The van der Waals surface area contributed by atoms with Crippen LogP contribution in [0.15, 0.2) is 36.5 Å². The second-order valence-electron chi connectivity index (χ2n) is 7.06. The molecule has 2 heterocycles. The summed E-state index contributed by atoms with van der Waals surface area (Å²) in [4.78, 5) is 18.1. The van der Waals surface area contributed by atoms with Crippen LogP contribution in [0.1, 0.15) is 46.9 Å². The number of hydrogen-bond donors (Lipinski definition) is 1. The fraction of sp³-hybridized carbons (Fsp3) is 0.400. The molecule has 162 valence electrons. The van der Waals surface area contributed by atoms with Crippen LogP contribution in [0.4, 0.5) is 17.6 Å². The van der Waals surface area contributed by atoms with Crippen LogP contribution in [0.25, 0.3) is 0 Å². The van der Waals surface area contributed by atoms with Gasteiger partial charge in [-0.2, -0.15) is 0 Å². The average molecular weight is 464 g/mol. The molecule has 3 rings (SSSR count). The van der Waals surface area contributed by atoms with Gasteiger partial charge in [-0.1, -0.05) is 29.3 Å². The number of nitrogens with zero attached hydrogens (tertiary/aromatic N) is 2. The van der Waals surface area contributed by atoms with E-state index in [9.17, 15) is 22.4 Å². The van der Waals surface area contributed by atoms with Gasteiger partial charge in [0.2, 0.25) is 0 Å². The summed E-state index contributed by atoms with van der Waals surface area (Å²) >= 11 is 11.9. The quantitative estimate of drug-likeness (QED) is 0.572. The Bertz CT molecular complexity index is 886. The highest BCUT2D eigenvalue weighted by Gasteiger charge is 2.36. The normalized spacial score (nSPS) is 17.7. The van der Waals surface area contributed by atoms with Gasteiger partial charge in [-0.15, -0.1) is 0 Å². The summed E-state index contributed by atoms with van der Waals surface area (Å²) in [5.41, 5.74) is 0.392.